The molecule has 5 nitrogen and oxygen atoms in total. The molecular weight excluding hydrogens is 220 g/mol. The number of aliphatic hydroxyl groups excluding tert-OH is 1. The van der Waals surface area contributed by atoms with Gasteiger partial charge in [0.25, 0.3) is 0 Å². The van der Waals surface area contributed by atoms with Crippen LogP contribution in [0.4, 0.5) is 0 Å². The molecule has 0 amide bonds. The van der Waals surface area contributed by atoms with Crippen LogP contribution >= 0.6 is 0 Å². The predicted octanol–water partition coefficient (Wildman–Crippen LogP) is -0.00790. The second-order valence-electron chi connectivity index (χ2n) is 5.20. The molecular formula is C12H22N2O3. The summed E-state index contributed by atoms with van der Waals surface area (Å²) in [6.45, 7) is 4.87. The summed E-state index contributed by atoms with van der Waals surface area (Å²) in [6, 6.07) is 0.620. The maximum atomic E-state index is 10.5. The molecule has 0 aromatic carbocycles. The van der Waals surface area contributed by atoms with E-state index in [1.807, 2.05) is 0 Å². The van der Waals surface area contributed by atoms with Gasteiger partial charge in [-0.05, 0) is 38.9 Å². The number of hydrogen-bond donors (Lipinski definition) is 2. The van der Waals surface area contributed by atoms with Gasteiger partial charge in [-0.15, -0.1) is 0 Å². The molecule has 0 aliphatic carbocycles. The van der Waals surface area contributed by atoms with Gasteiger partial charge in [-0.3, -0.25) is 14.6 Å². The first-order chi connectivity index (χ1) is 8.15. The summed E-state index contributed by atoms with van der Waals surface area (Å²) in [7, 11) is 0. The van der Waals surface area contributed by atoms with Crippen LogP contribution in [-0.2, 0) is 4.79 Å². The van der Waals surface area contributed by atoms with Gasteiger partial charge >= 0.3 is 5.97 Å². The Balaban J connectivity index is 1.71. The van der Waals surface area contributed by atoms with E-state index in [4.69, 9.17) is 5.11 Å². The maximum Gasteiger partial charge on any atom is 0.306 e. The summed E-state index contributed by atoms with van der Waals surface area (Å²) in [5.41, 5.74) is 0. The van der Waals surface area contributed by atoms with E-state index in [-0.39, 0.29) is 6.42 Å². The van der Waals surface area contributed by atoms with Crippen LogP contribution in [0, 0.1) is 0 Å². The van der Waals surface area contributed by atoms with Gasteiger partial charge in [0.15, 0.2) is 0 Å². The lowest BCUT2D eigenvalue weighted by atomic mass is 10.2. The lowest BCUT2D eigenvalue weighted by molar-refractivity contribution is -0.139. The third kappa shape index (κ3) is 3.66. The van der Waals surface area contributed by atoms with Crippen molar-refractivity contribution in [3.8, 4) is 0 Å². The molecule has 2 heterocycles. The molecule has 2 atom stereocenters. The largest absolute Gasteiger partial charge is 0.481 e. The zero-order valence-corrected chi connectivity index (χ0v) is 10.2. The Kier molecular flexibility index (Phi) is 4.36. The predicted molar refractivity (Wildman–Crippen MR) is 63.9 cm³/mol. The third-order valence-corrected chi connectivity index (χ3v) is 3.78. The van der Waals surface area contributed by atoms with E-state index in [9.17, 15) is 9.90 Å². The first-order valence-corrected chi connectivity index (χ1v) is 6.51. The SMILES string of the molecule is O=C(O)CC(O)CN1CCC(N2CCCC2)C1. The summed E-state index contributed by atoms with van der Waals surface area (Å²) in [5.74, 6) is -0.923. The number of aliphatic hydroxyl groups is 1. The lowest BCUT2D eigenvalue weighted by Gasteiger charge is -2.24. The van der Waals surface area contributed by atoms with E-state index in [0.717, 1.165) is 19.5 Å². The summed E-state index contributed by atoms with van der Waals surface area (Å²) in [4.78, 5) is 15.2. The summed E-state index contributed by atoms with van der Waals surface area (Å²) in [6.07, 6.45) is 2.88. The standard InChI is InChI=1S/C12H22N2O3/c15-11(7-12(16)17)9-13-6-3-10(8-13)14-4-1-2-5-14/h10-11,15H,1-9H2,(H,16,17). The third-order valence-electron chi connectivity index (χ3n) is 3.78. The second-order valence-corrected chi connectivity index (χ2v) is 5.20. The molecule has 2 saturated heterocycles. The molecule has 0 aromatic rings. The zero-order valence-electron chi connectivity index (χ0n) is 10.2. The maximum absolute atomic E-state index is 10.5. The van der Waals surface area contributed by atoms with Crippen molar-refractivity contribution in [1.29, 1.82) is 0 Å². The van der Waals surface area contributed by atoms with Gasteiger partial charge in [0.2, 0.25) is 0 Å². The molecule has 2 aliphatic heterocycles. The average molecular weight is 242 g/mol. The van der Waals surface area contributed by atoms with Gasteiger partial charge in [-0.25, -0.2) is 0 Å². The molecule has 0 aromatic heterocycles. The van der Waals surface area contributed by atoms with E-state index >= 15 is 0 Å². The van der Waals surface area contributed by atoms with Crippen molar-refractivity contribution in [2.24, 2.45) is 0 Å². The van der Waals surface area contributed by atoms with Crippen molar-refractivity contribution in [3.63, 3.8) is 0 Å². The van der Waals surface area contributed by atoms with Crippen molar-refractivity contribution in [3.05, 3.63) is 0 Å². The van der Waals surface area contributed by atoms with Gasteiger partial charge in [0.1, 0.15) is 0 Å². The quantitative estimate of drug-likeness (QED) is 0.710. The van der Waals surface area contributed by atoms with Crippen LogP contribution in [0.15, 0.2) is 0 Å². The van der Waals surface area contributed by atoms with Crippen molar-refractivity contribution < 1.29 is 15.0 Å². The fourth-order valence-electron chi connectivity index (χ4n) is 2.95. The van der Waals surface area contributed by atoms with E-state index in [2.05, 4.69) is 9.80 Å². The summed E-state index contributed by atoms with van der Waals surface area (Å²) in [5, 5.41) is 18.2. The van der Waals surface area contributed by atoms with E-state index < -0.39 is 12.1 Å². The number of nitrogens with zero attached hydrogens (tertiary/aromatic N) is 2. The van der Waals surface area contributed by atoms with Crippen LogP contribution in [0.5, 0.6) is 0 Å². The van der Waals surface area contributed by atoms with Gasteiger partial charge < -0.3 is 10.2 Å². The Hall–Kier alpha value is -0.650. The number of likely N-dealkylation sites (tertiary alicyclic amines) is 2. The van der Waals surface area contributed by atoms with Crippen molar-refractivity contribution in [2.45, 2.75) is 37.8 Å². The second kappa shape index (κ2) is 5.80. The number of hydrogen-bond acceptors (Lipinski definition) is 4. The lowest BCUT2D eigenvalue weighted by Crippen LogP contribution is -2.37. The minimum absolute atomic E-state index is 0.148. The minimum Gasteiger partial charge on any atom is -0.481 e. The van der Waals surface area contributed by atoms with Crippen LogP contribution in [-0.4, -0.2) is 70.9 Å². The van der Waals surface area contributed by atoms with E-state index in [1.54, 1.807) is 0 Å². The fraction of sp³-hybridized carbons (Fsp3) is 0.917. The van der Waals surface area contributed by atoms with Crippen LogP contribution in [0.25, 0.3) is 0 Å². The average Bonchev–Trinajstić information content (AvgIpc) is 2.84. The molecule has 98 valence electrons. The van der Waals surface area contributed by atoms with Crippen LogP contribution in [0.1, 0.15) is 25.7 Å². The van der Waals surface area contributed by atoms with Crippen LogP contribution in [0.2, 0.25) is 0 Å². The molecule has 0 bridgehead atoms. The minimum atomic E-state index is -0.923. The van der Waals surface area contributed by atoms with Gasteiger partial charge in [-0.2, -0.15) is 0 Å². The Labute approximate surface area is 102 Å². The topological polar surface area (TPSA) is 64.0 Å². The highest BCUT2D eigenvalue weighted by molar-refractivity contribution is 5.67. The van der Waals surface area contributed by atoms with Crippen molar-refractivity contribution >= 4 is 5.97 Å². The number of carboxylic acid groups (broad SMARTS) is 1. The number of β-amino-alcohol motifs (C(OH)–C–C–N with tert-alkyl or cyclic N) is 1. The number of rotatable bonds is 5. The Morgan fingerprint density at radius 1 is 1.29 bits per heavy atom. The smallest absolute Gasteiger partial charge is 0.306 e. The highest BCUT2D eigenvalue weighted by atomic mass is 16.4. The summed E-state index contributed by atoms with van der Waals surface area (Å²) >= 11 is 0. The highest BCUT2D eigenvalue weighted by Gasteiger charge is 2.30. The van der Waals surface area contributed by atoms with Crippen molar-refractivity contribution in [2.75, 3.05) is 32.7 Å². The molecule has 0 radical (unpaired) electrons. The molecule has 0 saturated carbocycles. The first kappa shape index (κ1) is 12.8. The van der Waals surface area contributed by atoms with Crippen molar-refractivity contribution in [1.82, 2.24) is 9.80 Å². The summed E-state index contributed by atoms with van der Waals surface area (Å²) < 4.78 is 0. The molecule has 2 rings (SSSR count). The Morgan fingerprint density at radius 2 is 2.00 bits per heavy atom. The van der Waals surface area contributed by atoms with Gasteiger partial charge in [0, 0.05) is 19.1 Å². The Morgan fingerprint density at radius 3 is 2.65 bits per heavy atom. The molecule has 5 heteroatoms. The number of carbonyl (C=O) groups is 1. The van der Waals surface area contributed by atoms with Gasteiger partial charge in [0.05, 0.1) is 12.5 Å². The molecule has 17 heavy (non-hydrogen) atoms. The molecule has 2 unspecified atom stereocenters. The van der Waals surface area contributed by atoms with E-state index in [1.165, 1.54) is 25.9 Å². The Bertz CT molecular complexity index is 266. The first-order valence-electron chi connectivity index (χ1n) is 6.51. The van der Waals surface area contributed by atoms with Crippen LogP contribution < -0.4 is 0 Å². The number of aliphatic carboxylic acids is 1. The van der Waals surface area contributed by atoms with Gasteiger partial charge in [-0.1, -0.05) is 0 Å². The molecule has 2 fully saturated rings. The van der Waals surface area contributed by atoms with Crippen LogP contribution in [0.3, 0.4) is 0 Å². The molecule has 2 N–H and O–H groups in total. The molecule has 0 spiro atoms. The highest BCUT2D eigenvalue weighted by Crippen LogP contribution is 2.20. The molecule has 2 aliphatic rings. The fourth-order valence-corrected chi connectivity index (χ4v) is 2.95. The monoisotopic (exact) mass is 242 g/mol. The normalized spacial score (nSPS) is 28.6. The van der Waals surface area contributed by atoms with E-state index in [0.29, 0.717) is 12.6 Å². The number of carboxylic acids is 1. The zero-order chi connectivity index (χ0) is 12.3.